The Kier molecular flexibility index (Phi) is 34.3. The fourth-order valence-corrected chi connectivity index (χ4v) is 18.4. The number of aliphatic hydroxyl groups excluding tert-OH is 1. The molecule has 0 radical (unpaired) electrons. The molecule has 12 aromatic heterocycles. The molecule has 0 aliphatic heterocycles. The van der Waals surface area contributed by atoms with Gasteiger partial charge in [-0.05, 0) is 159 Å². The number of pyridine rings is 6. The second kappa shape index (κ2) is 47.8. The highest BCUT2D eigenvalue weighted by atomic mass is 79.9. The summed E-state index contributed by atoms with van der Waals surface area (Å²) in [5.74, 6) is 7.07. The molecule has 12 heterocycles. The predicted molar refractivity (Wildman–Crippen MR) is 582 cm³/mol. The van der Waals surface area contributed by atoms with E-state index in [9.17, 15) is 19.5 Å². The summed E-state index contributed by atoms with van der Waals surface area (Å²) in [4.78, 5) is 96.4. The smallest absolute Gasteiger partial charge is 0.337 e. The van der Waals surface area contributed by atoms with E-state index in [0.29, 0.717) is 127 Å². The average molecular weight is 2070 g/mol. The summed E-state index contributed by atoms with van der Waals surface area (Å²) >= 11 is 7.04. The van der Waals surface area contributed by atoms with Gasteiger partial charge in [0.2, 0.25) is 0 Å². The first-order valence-electron chi connectivity index (χ1n) is 48.7. The van der Waals surface area contributed by atoms with Crippen LogP contribution in [0.25, 0.3) is 132 Å². The van der Waals surface area contributed by atoms with Crippen LogP contribution in [0.15, 0.2) is 179 Å². The number of nitrogens with two attached hydrogens (primary N) is 6. The van der Waals surface area contributed by atoms with Crippen LogP contribution >= 0.6 is 31.9 Å². The lowest BCUT2D eigenvalue weighted by Crippen LogP contribution is -2.08. The van der Waals surface area contributed by atoms with E-state index in [1.54, 1.807) is 31.4 Å². The van der Waals surface area contributed by atoms with E-state index in [4.69, 9.17) is 73.0 Å². The number of benzene rings is 8. The van der Waals surface area contributed by atoms with Gasteiger partial charge >= 0.3 is 17.9 Å². The van der Waals surface area contributed by atoms with E-state index in [2.05, 4.69) is 207 Å². The Labute approximate surface area is 849 Å². The third-order valence-corrected chi connectivity index (χ3v) is 26.1. The maximum atomic E-state index is 11.8. The van der Waals surface area contributed by atoms with Crippen molar-refractivity contribution in [2.45, 2.75) is 184 Å². The standard InChI is InChI=1S/C21H21BrN4O.C21H21BrN4.C19H24N4O3.C18H22N4O3.C16H18N4O2.C14H16N4/c1-3-13-4-6-14(7-5-13)11-26-18(12-27-2)25-19-20(26)16-9-8-15(22)10-17(16)24-21(19)23;1-3-13-5-7-14(8-6-13)12-26-18(4-2)25-19-20(26)16-10-9-15(22)11-17(16)24-21(19)23;1-3-4-6-15-22-16-17(23(15)9-5-10-24)13-8-7-12(19(25)26-2)11-14(13)21-18(16)20;1-3-25-11-14-21-16-17(22(14)10-6-9-15(23)24-2)12-7-4-5-8-13(12)20-18(16)19;1-3-4-5-12-19-13-10-7-6-9(16(21)22-2)8-11(10)18-15(17)14(13)20-12;1-2-3-8-11-17-12-9-6-4-5-7-10(9)16-14(15)13(12)18-11/h4-10H,3,11-12H2,1-2H3,(H2,23,24);5-11H,3-4,12H2,1-2H3,(H2,23,24);7-8,11,24H,3-6,9-10H2,1-2H3,(H2,20,21);4-5,7-8H,3,6,9-11H2,1-2H3,(H2,19,20);6-8H,3-5H2,1-2H3,(H2,17,18)(H,19,20);4-7H,2-3,8H2,1H3,(H2,15,16)(H,17,18). The van der Waals surface area contributed by atoms with Crippen molar-refractivity contribution in [1.82, 2.24) is 88.0 Å². The van der Waals surface area contributed by atoms with Crippen molar-refractivity contribution in [1.29, 1.82) is 0 Å². The number of fused-ring (bicyclic) bond motifs is 18. The fourth-order valence-electron chi connectivity index (χ4n) is 17.7. The molecule has 0 aliphatic rings. The molecule has 144 heavy (non-hydrogen) atoms. The molecular weight excluding hydrogens is 1950 g/mol. The van der Waals surface area contributed by atoms with E-state index in [1.165, 1.54) is 43.6 Å². The van der Waals surface area contributed by atoms with E-state index in [-0.39, 0.29) is 12.6 Å². The molecule has 0 amide bonds. The van der Waals surface area contributed by atoms with Crippen molar-refractivity contribution >= 4 is 216 Å². The first-order valence-corrected chi connectivity index (χ1v) is 50.2. The van der Waals surface area contributed by atoms with Gasteiger partial charge in [0.1, 0.15) is 104 Å². The number of halogens is 2. The molecule has 0 saturated carbocycles. The Hall–Kier alpha value is -14.9. The summed E-state index contributed by atoms with van der Waals surface area (Å²) < 4.78 is 35.8. The number of carbonyl (C=O) groups excluding carboxylic acids is 3. The van der Waals surface area contributed by atoms with Crippen LogP contribution in [0.1, 0.15) is 184 Å². The van der Waals surface area contributed by atoms with Crippen LogP contribution < -0.4 is 34.4 Å². The normalized spacial score (nSPS) is 11.4. The van der Waals surface area contributed by atoms with Gasteiger partial charge < -0.3 is 91.4 Å². The zero-order valence-corrected chi connectivity index (χ0v) is 86.2. The molecule has 8 aromatic carbocycles. The number of anilines is 6. The first-order chi connectivity index (χ1) is 69.9. The Bertz CT molecular complexity index is 8030. The van der Waals surface area contributed by atoms with Gasteiger partial charge in [0.05, 0.1) is 87.6 Å². The Morgan fingerprint density at radius 2 is 0.729 bits per heavy atom. The number of aromatic amines is 2. The number of aliphatic hydroxyl groups is 1. The highest BCUT2D eigenvalue weighted by molar-refractivity contribution is 9.10. The molecule has 746 valence electrons. The number of esters is 3. The number of methoxy groups -OCH3 is 4. The number of H-pyrrole nitrogens is 2. The van der Waals surface area contributed by atoms with Crippen molar-refractivity contribution in [3.63, 3.8) is 0 Å². The first kappa shape index (κ1) is 103. The zero-order chi connectivity index (χ0) is 102. The SMILES string of the molecule is CCCCc1nc2c(N)nc3cc(C(=O)OC)ccc3c2n1CCCO.CCCCc1nc2c([nH]1)c(N)nc1cc(C(=O)OC)ccc12.CCCCc1nc2c([nH]1)c(N)nc1ccccc12.CCOCc1nc2c(N)nc3ccccc3c2n1CCCC(=O)OC.CCc1ccc(Cn2c(CC)nc3c(N)nc4cc(Br)ccc4c32)cc1.CCc1ccc(Cn2c(COC)nc3c(N)nc4cc(Br)ccc4c32)cc1. The number of rotatable bonds is 30. The number of nitrogens with one attached hydrogen (secondary N) is 2. The summed E-state index contributed by atoms with van der Waals surface area (Å²) in [7, 11) is 5.78. The number of hydrogen-bond donors (Lipinski definition) is 9. The highest BCUT2D eigenvalue weighted by Crippen LogP contribution is 2.38. The third kappa shape index (κ3) is 23.0. The van der Waals surface area contributed by atoms with Crippen molar-refractivity contribution in [3.05, 3.63) is 247 Å². The van der Waals surface area contributed by atoms with E-state index in [0.717, 1.165) is 237 Å². The topological polar surface area (TPSA) is 480 Å². The lowest BCUT2D eigenvalue weighted by molar-refractivity contribution is -0.140. The maximum absolute atomic E-state index is 11.8. The average Bonchev–Trinajstić information content (AvgIpc) is 1.65. The molecule has 0 saturated heterocycles. The number of ether oxygens (including phenoxy) is 5. The summed E-state index contributed by atoms with van der Waals surface area (Å²) in [6.45, 7) is 19.1. The lowest BCUT2D eigenvalue weighted by atomic mass is 10.1. The van der Waals surface area contributed by atoms with Crippen LogP contribution in [-0.2, 0) is 106 Å². The molecule has 0 fully saturated rings. The molecule has 20 aromatic rings. The molecule has 0 spiro atoms. The minimum Gasteiger partial charge on any atom is -0.469 e. The predicted octanol–water partition coefficient (Wildman–Crippen LogP) is 21.0. The van der Waals surface area contributed by atoms with E-state index < -0.39 is 11.9 Å². The van der Waals surface area contributed by atoms with Gasteiger partial charge in [-0.3, -0.25) is 4.79 Å². The lowest BCUT2D eigenvalue weighted by Gasteiger charge is -2.11. The largest absolute Gasteiger partial charge is 0.469 e. The second-order valence-electron chi connectivity index (χ2n) is 34.8. The number of unbranched alkanes of at least 4 members (excludes halogenated alkanes) is 3. The van der Waals surface area contributed by atoms with Crippen molar-refractivity contribution < 1.29 is 43.2 Å². The van der Waals surface area contributed by atoms with Gasteiger partial charge in [-0.2, -0.15) is 0 Å². The number of nitrogen functional groups attached to an aromatic ring is 6. The van der Waals surface area contributed by atoms with Gasteiger partial charge in [-0.15, -0.1) is 0 Å². The molecular formula is C109H122Br2N24O9. The third-order valence-electron chi connectivity index (χ3n) is 25.1. The molecule has 15 N–H and O–H groups in total. The molecule has 35 heteroatoms. The maximum Gasteiger partial charge on any atom is 0.337 e. The number of aryl methyl sites for hydroxylation is 8. The van der Waals surface area contributed by atoms with Crippen LogP contribution in [0.5, 0.6) is 0 Å². The molecule has 0 unspecified atom stereocenters. The van der Waals surface area contributed by atoms with Gasteiger partial charge in [0.15, 0.2) is 23.3 Å². The summed E-state index contributed by atoms with van der Waals surface area (Å²) in [5.41, 5.74) is 57.6. The number of carbonyl (C=O) groups is 3. The molecule has 0 atom stereocenters. The van der Waals surface area contributed by atoms with E-state index in [1.807, 2.05) is 91.9 Å². The van der Waals surface area contributed by atoms with Crippen molar-refractivity contribution in [2.75, 3.05) is 76.1 Å². The number of nitrogens with zero attached hydrogens (tertiary/aromatic N) is 16. The van der Waals surface area contributed by atoms with Gasteiger partial charge in [0.25, 0.3) is 0 Å². The number of para-hydroxylation sites is 2. The summed E-state index contributed by atoms with van der Waals surface area (Å²) in [6, 6.07) is 56.0. The molecule has 20 rings (SSSR count). The minimum atomic E-state index is -0.412. The molecule has 0 bridgehead atoms. The van der Waals surface area contributed by atoms with Gasteiger partial charge in [-0.1, -0.05) is 178 Å². The van der Waals surface area contributed by atoms with Crippen LogP contribution in [0.3, 0.4) is 0 Å². The van der Waals surface area contributed by atoms with Gasteiger partial charge in [0, 0.05) is 120 Å². The van der Waals surface area contributed by atoms with Crippen molar-refractivity contribution in [2.24, 2.45) is 0 Å². The van der Waals surface area contributed by atoms with Crippen LogP contribution in [0, 0.1) is 0 Å². The quantitative estimate of drug-likeness (QED) is 0.0149. The summed E-state index contributed by atoms with van der Waals surface area (Å²) in [6.07, 6.45) is 13.8. The van der Waals surface area contributed by atoms with Crippen LogP contribution in [0.2, 0.25) is 0 Å². The second-order valence-corrected chi connectivity index (χ2v) is 36.6. The van der Waals surface area contributed by atoms with E-state index >= 15 is 0 Å². The summed E-state index contributed by atoms with van der Waals surface area (Å²) in [5, 5.41) is 15.2. The van der Waals surface area contributed by atoms with Crippen LogP contribution in [0.4, 0.5) is 34.9 Å². The number of aromatic nitrogens is 18. The van der Waals surface area contributed by atoms with Crippen LogP contribution in [-0.4, -0.2) is 153 Å². The monoisotopic (exact) mass is 2070 g/mol. The zero-order valence-electron chi connectivity index (χ0n) is 83.0. The Balaban J connectivity index is 0.000000131. The fraction of sp³-hybridized carbons (Fsp3) is 0.312. The minimum absolute atomic E-state index is 0.109. The Morgan fingerprint density at radius 1 is 0.354 bits per heavy atom. The Morgan fingerprint density at radius 3 is 1.19 bits per heavy atom. The highest BCUT2D eigenvalue weighted by Gasteiger charge is 2.25. The molecule has 0 aliphatic carbocycles. The van der Waals surface area contributed by atoms with Crippen molar-refractivity contribution in [3.8, 4) is 0 Å². The van der Waals surface area contributed by atoms with Gasteiger partial charge in [-0.25, -0.2) is 69.4 Å². The molecule has 33 nitrogen and oxygen atoms in total. The number of hydrogen-bond acceptors (Lipinski definition) is 27. The number of imidazole rings is 6.